The van der Waals surface area contributed by atoms with Crippen molar-refractivity contribution < 1.29 is 8.42 Å². The van der Waals surface area contributed by atoms with Gasteiger partial charge >= 0.3 is 0 Å². The summed E-state index contributed by atoms with van der Waals surface area (Å²) in [5.74, 6) is 0.658. The molecule has 0 bridgehead atoms. The third-order valence-electron chi connectivity index (χ3n) is 2.67. The number of sulfonamides is 1. The first kappa shape index (κ1) is 13.2. The van der Waals surface area contributed by atoms with Crippen molar-refractivity contribution in [3.63, 3.8) is 0 Å². The minimum Gasteiger partial charge on any atom is -0.310 e. The second kappa shape index (κ2) is 5.17. The fraction of sp³-hybridized carbons (Fsp3) is 0.600. The molecule has 2 N–H and O–H groups in total. The maximum atomic E-state index is 11.9. The molecule has 7 nitrogen and oxygen atoms in total. The number of aromatic nitrogens is 2. The van der Waals surface area contributed by atoms with Crippen molar-refractivity contribution in [3.05, 3.63) is 27.9 Å². The molecule has 0 atom stereocenters. The number of fused-ring (bicyclic) bond motifs is 1. The molecule has 18 heavy (non-hydrogen) atoms. The van der Waals surface area contributed by atoms with Crippen LogP contribution in [0, 0.1) is 0 Å². The summed E-state index contributed by atoms with van der Waals surface area (Å²) < 4.78 is 26.0. The van der Waals surface area contributed by atoms with Gasteiger partial charge in [0.1, 0.15) is 5.82 Å². The molecule has 8 heteroatoms. The smallest absolute Gasteiger partial charge is 0.253 e. The number of hydrogen-bond acceptors (Lipinski definition) is 5. The minimum absolute atomic E-state index is 0.0436. The van der Waals surface area contributed by atoms with Crippen LogP contribution >= 0.6 is 0 Å². The van der Waals surface area contributed by atoms with Gasteiger partial charge < -0.3 is 5.32 Å². The monoisotopic (exact) mass is 272 g/mol. The summed E-state index contributed by atoms with van der Waals surface area (Å²) in [6, 6.07) is 1.38. The van der Waals surface area contributed by atoms with Gasteiger partial charge in [0.25, 0.3) is 5.56 Å². The first-order chi connectivity index (χ1) is 8.46. The zero-order chi connectivity index (χ0) is 13.2. The third-order valence-corrected chi connectivity index (χ3v) is 3.34. The van der Waals surface area contributed by atoms with Crippen LogP contribution in [0.25, 0.3) is 0 Å². The van der Waals surface area contributed by atoms with E-state index in [4.69, 9.17) is 0 Å². The second-order valence-corrected chi connectivity index (χ2v) is 6.11. The molecule has 1 aromatic rings. The van der Waals surface area contributed by atoms with Gasteiger partial charge in [-0.05, 0) is 13.0 Å². The molecule has 1 aliphatic rings. The lowest BCUT2D eigenvalue weighted by Gasteiger charge is -2.10. The Hall–Kier alpha value is -1.25. The summed E-state index contributed by atoms with van der Waals surface area (Å²) in [7, 11) is -3.28. The molecule has 0 aliphatic carbocycles. The lowest BCUT2D eigenvalue weighted by Crippen LogP contribution is -2.28. The van der Waals surface area contributed by atoms with Crippen molar-refractivity contribution in [3.8, 4) is 0 Å². The maximum absolute atomic E-state index is 11.9. The van der Waals surface area contributed by atoms with E-state index in [9.17, 15) is 13.2 Å². The molecule has 0 fully saturated rings. The van der Waals surface area contributed by atoms with Crippen LogP contribution in [0.3, 0.4) is 0 Å². The van der Waals surface area contributed by atoms with Crippen molar-refractivity contribution in [1.82, 2.24) is 19.6 Å². The lowest BCUT2D eigenvalue weighted by molar-refractivity contribution is 0.583. The minimum atomic E-state index is -3.28. The SMILES string of the molecule is CS(=O)(=O)NCc1cc(=O)n2c(n1)CNCCC2. The van der Waals surface area contributed by atoms with Crippen molar-refractivity contribution in [2.75, 3.05) is 12.8 Å². The molecule has 1 aromatic heterocycles. The highest BCUT2D eigenvalue weighted by molar-refractivity contribution is 7.88. The van der Waals surface area contributed by atoms with E-state index in [0.29, 0.717) is 24.6 Å². The fourth-order valence-corrected chi connectivity index (χ4v) is 2.25. The van der Waals surface area contributed by atoms with Gasteiger partial charge in [-0.1, -0.05) is 0 Å². The van der Waals surface area contributed by atoms with E-state index < -0.39 is 10.0 Å². The third kappa shape index (κ3) is 3.37. The average Bonchev–Trinajstić information content (AvgIpc) is 2.51. The predicted molar refractivity (Wildman–Crippen MR) is 66.5 cm³/mol. The van der Waals surface area contributed by atoms with Crippen molar-refractivity contribution in [2.24, 2.45) is 0 Å². The molecule has 100 valence electrons. The van der Waals surface area contributed by atoms with Gasteiger partial charge in [-0.25, -0.2) is 18.1 Å². The standard InChI is InChI=1S/C10H16N4O3S/c1-18(16,17)12-6-8-5-10(15)14-4-2-3-11-7-9(14)13-8/h5,11-12H,2-4,6-7H2,1H3. The van der Waals surface area contributed by atoms with Gasteiger partial charge in [-0.15, -0.1) is 0 Å². The van der Waals surface area contributed by atoms with E-state index in [1.165, 1.54) is 6.07 Å². The van der Waals surface area contributed by atoms with Crippen LogP contribution in [0.4, 0.5) is 0 Å². The second-order valence-electron chi connectivity index (χ2n) is 4.28. The molecule has 0 spiro atoms. The molecular formula is C10H16N4O3S. The zero-order valence-corrected chi connectivity index (χ0v) is 11.0. The highest BCUT2D eigenvalue weighted by atomic mass is 32.2. The molecule has 0 unspecified atom stereocenters. The van der Waals surface area contributed by atoms with Gasteiger partial charge in [-0.3, -0.25) is 9.36 Å². The normalized spacial score (nSPS) is 16.1. The van der Waals surface area contributed by atoms with Gasteiger partial charge in [0.05, 0.1) is 25.0 Å². The van der Waals surface area contributed by atoms with Gasteiger partial charge in [0.15, 0.2) is 0 Å². The van der Waals surface area contributed by atoms with E-state index in [0.717, 1.165) is 19.2 Å². The quantitative estimate of drug-likeness (QED) is 0.720. The Bertz CT molecular complexity index is 594. The van der Waals surface area contributed by atoms with Crippen LogP contribution in [0.2, 0.25) is 0 Å². The number of nitrogens with zero attached hydrogens (tertiary/aromatic N) is 2. The van der Waals surface area contributed by atoms with E-state index in [1.54, 1.807) is 4.57 Å². The molecule has 0 amide bonds. The van der Waals surface area contributed by atoms with Crippen LogP contribution in [-0.4, -0.2) is 30.8 Å². The molecule has 0 saturated heterocycles. The summed E-state index contributed by atoms with van der Waals surface area (Å²) in [5.41, 5.74) is 0.314. The number of rotatable bonds is 3. The van der Waals surface area contributed by atoms with E-state index in [1.807, 2.05) is 0 Å². The van der Waals surface area contributed by atoms with E-state index >= 15 is 0 Å². The van der Waals surface area contributed by atoms with Crippen LogP contribution in [0.15, 0.2) is 10.9 Å². The topological polar surface area (TPSA) is 93.1 Å². The Balaban J connectivity index is 2.26. The molecule has 1 aliphatic heterocycles. The van der Waals surface area contributed by atoms with Crippen LogP contribution in [-0.2, 0) is 29.7 Å². The Morgan fingerprint density at radius 1 is 1.56 bits per heavy atom. The molecule has 0 saturated carbocycles. The fourth-order valence-electron chi connectivity index (χ4n) is 1.84. The molecule has 2 heterocycles. The van der Waals surface area contributed by atoms with Crippen LogP contribution < -0.4 is 15.6 Å². The van der Waals surface area contributed by atoms with Crippen LogP contribution in [0.1, 0.15) is 17.9 Å². The largest absolute Gasteiger partial charge is 0.310 e. The van der Waals surface area contributed by atoms with E-state index in [2.05, 4.69) is 15.0 Å². The zero-order valence-electron chi connectivity index (χ0n) is 10.1. The Morgan fingerprint density at radius 3 is 3.06 bits per heavy atom. The van der Waals surface area contributed by atoms with Crippen molar-refractivity contribution >= 4 is 10.0 Å². The van der Waals surface area contributed by atoms with Crippen LogP contribution in [0.5, 0.6) is 0 Å². The molecule has 0 aromatic carbocycles. The summed E-state index contributed by atoms with van der Waals surface area (Å²) in [6.45, 7) is 2.07. The van der Waals surface area contributed by atoms with Crippen molar-refractivity contribution in [2.45, 2.75) is 26.1 Å². The predicted octanol–water partition coefficient (Wildman–Crippen LogP) is -1.21. The molecule has 0 radical (unpaired) electrons. The highest BCUT2D eigenvalue weighted by Crippen LogP contribution is 2.01. The Morgan fingerprint density at radius 2 is 2.33 bits per heavy atom. The summed E-state index contributed by atoms with van der Waals surface area (Å²) >= 11 is 0. The number of nitrogens with one attached hydrogen (secondary N) is 2. The Labute approximate surface area is 105 Å². The summed E-state index contributed by atoms with van der Waals surface area (Å²) in [4.78, 5) is 16.2. The van der Waals surface area contributed by atoms with E-state index in [-0.39, 0.29) is 12.1 Å². The number of hydrogen-bond donors (Lipinski definition) is 2. The molecular weight excluding hydrogens is 256 g/mol. The first-order valence-electron chi connectivity index (χ1n) is 5.71. The summed E-state index contributed by atoms with van der Waals surface area (Å²) in [5, 5.41) is 3.17. The van der Waals surface area contributed by atoms with Gasteiger partial charge in [-0.2, -0.15) is 0 Å². The Kier molecular flexibility index (Phi) is 3.79. The molecule has 2 rings (SSSR count). The maximum Gasteiger partial charge on any atom is 0.253 e. The van der Waals surface area contributed by atoms with Gasteiger partial charge in [0, 0.05) is 12.6 Å². The van der Waals surface area contributed by atoms with Crippen molar-refractivity contribution in [1.29, 1.82) is 0 Å². The van der Waals surface area contributed by atoms with Gasteiger partial charge in [0.2, 0.25) is 10.0 Å². The highest BCUT2D eigenvalue weighted by Gasteiger charge is 2.12. The first-order valence-corrected chi connectivity index (χ1v) is 7.60. The average molecular weight is 272 g/mol. The summed E-state index contributed by atoms with van der Waals surface area (Å²) in [6.07, 6.45) is 1.96. The lowest BCUT2D eigenvalue weighted by atomic mass is 10.3.